The van der Waals surface area contributed by atoms with Crippen molar-refractivity contribution in [1.82, 2.24) is 0 Å². The lowest BCUT2D eigenvalue weighted by atomic mass is 10.1. The molecule has 0 amide bonds. The van der Waals surface area contributed by atoms with E-state index >= 15 is 0 Å². The molecule has 3 nitrogen and oxygen atoms in total. The Balaban J connectivity index is 1.47. The minimum atomic E-state index is 0.655. The van der Waals surface area contributed by atoms with Gasteiger partial charge in [0.15, 0.2) is 0 Å². The molecule has 0 atom stereocenters. The van der Waals surface area contributed by atoms with Crippen molar-refractivity contribution in [2.45, 2.75) is 9.79 Å². The van der Waals surface area contributed by atoms with E-state index in [0.29, 0.717) is 5.02 Å². The number of benzene rings is 5. The van der Waals surface area contributed by atoms with E-state index < -0.39 is 0 Å². The first-order chi connectivity index (χ1) is 17.3. The molecule has 1 aromatic heterocycles. The summed E-state index contributed by atoms with van der Waals surface area (Å²) in [5.74, 6) is 1.59. The van der Waals surface area contributed by atoms with Crippen LogP contribution < -0.4 is 9.64 Å². The molecule has 0 fully saturated rings. The van der Waals surface area contributed by atoms with Gasteiger partial charge in [0, 0.05) is 17.1 Å². The Labute approximate surface area is 211 Å². The van der Waals surface area contributed by atoms with E-state index in [2.05, 4.69) is 35.2 Å². The average molecular weight is 492 g/mol. The summed E-state index contributed by atoms with van der Waals surface area (Å²) in [6.45, 7) is 0. The maximum Gasteiger partial charge on any atom is 0.145 e. The van der Waals surface area contributed by atoms with Crippen LogP contribution in [0.25, 0.3) is 21.9 Å². The van der Waals surface area contributed by atoms with Gasteiger partial charge in [-0.15, -0.1) is 0 Å². The lowest BCUT2D eigenvalue weighted by Gasteiger charge is -2.28. The predicted octanol–water partition coefficient (Wildman–Crippen LogP) is 9.97. The average Bonchev–Trinajstić information content (AvgIpc) is 3.28. The van der Waals surface area contributed by atoms with Crippen LogP contribution in [0.5, 0.6) is 11.5 Å². The fourth-order valence-corrected chi connectivity index (χ4v) is 5.91. The van der Waals surface area contributed by atoms with Crippen LogP contribution in [0.15, 0.2) is 123 Å². The van der Waals surface area contributed by atoms with E-state index in [4.69, 9.17) is 20.8 Å². The summed E-state index contributed by atoms with van der Waals surface area (Å²) in [4.78, 5) is 4.20. The van der Waals surface area contributed by atoms with Crippen molar-refractivity contribution in [1.29, 1.82) is 0 Å². The van der Waals surface area contributed by atoms with Gasteiger partial charge in [0.2, 0.25) is 0 Å². The Morgan fingerprint density at radius 3 is 2.34 bits per heavy atom. The van der Waals surface area contributed by atoms with Gasteiger partial charge < -0.3 is 14.1 Å². The zero-order valence-electron chi connectivity index (χ0n) is 18.4. The minimum absolute atomic E-state index is 0.655. The maximum absolute atomic E-state index is 6.88. The quantitative estimate of drug-likeness (QED) is 0.245. The second kappa shape index (κ2) is 8.12. The van der Waals surface area contributed by atoms with E-state index in [1.807, 2.05) is 78.9 Å². The highest BCUT2D eigenvalue weighted by atomic mass is 35.5. The zero-order valence-corrected chi connectivity index (χ0v) is 20.0. The van der Waals surface area contributed by atoms with Crippen LogP contribution in [0.3, 0.4) is 0 Å². The molecule has 0 radical (unpaired) electrons. The molecule has 5 heteroatoms. The van der Waals surface area contributed by atoms with Crippen molar-refractivity contribution in [3.63, 3.8) is 0 Å². The van der Waals surface area contributed by atoms with Gasteiger partial charge in [-0.25, -0.2) is 0 Å². The third kappa shape index (κ3) is 3.37. The molecular formula is C30H18ClNO2S. The van der Waals surface area contributed by atoms with Gasteiger partial charge in [0.1, 0.15) is 22.7 Å². The summed E-state index contributed by atoms with van der Waals surface area (Å²) >= 11 is 8.52. The monoisotopic (exact) mass is 491 g/mol. The van der Waals surface area contributed by atoms with Gasteiger partial charge in [-0.3, -0.25) is 0 Å². The predicted molar refractivity (Wildman–Crippen MR) is 144 cm³/mol. The van der Waals surface area contributed by atoms with Crippen molar-refractivity contribution >= 4 is 62.4 Å². The Morgan fingerprint density at radius 2 is 1.43 bits per heavy atom. The normalized spacial score (nSPS) is 12.3. The lowest BCUT2D eigenvalue weighted by Crippen LogP contribution is -2.11. The first kappa shape index (κ1) is 20.5. The van der Waals surface area contributed by atoms with Crippen LogP contribution >= 0.6 is 23.4 Å². The first-order valence-corrected chi connectivity index (χ1v) is 12.5. The molecule has 168 valence electrons. The number of fused-ring (bicyclic) bond motifs is 5. The van der Waals surface area contributed by atoms with Crippen molar-refractivity contribution in [2.24, 2.45) is 0 Å². The van der Waals surface area contributed by atoms with Crippen LogP contribution in [0.1, 0.15) is 0 Å². The number of nitrogens with zero attached hydrogens (tertiary/aromatic N) is 1. The zero-order chi connectivity index (χ0) is 23.4. The van der Waals surface area contributed by atoms with Gasteiger partial charge in [0.05, 0.1) is 31.6 Å². The van der Waals surface area contributed by atoms with Crippen molar-refractivity contribution < 1.29 is 9.15 Å². The number of furan rings is 1. The molecule has 0 unspecified atom stereocenters. The second-order valence-corrected chi connectivity index (χ2v) is 9.78. The Kier molecular flexibility index (Phi) is 4.76. The van der Waals surface area contributed by atoms with Gasteiger partial charge in [-0.2, -0.15) is 0 Å². The smallest absolute Gasteiger partial charge is 0.145 e. The lowest BCUT2D eigenvalue weighted by molar-refractivity contribution is 0.455. The molecule has 0 saturated heterocycles. The van der Waals surface area contributed by atoms with Gasteiger partial charge >= 0.3 is 0 Å². The molecule has 2 heterocycles. The summed E-state index contributed by atoms with van der Waals surface area (Å²) in [5.41, 5.74) is 4.65. The third-order valence-corrected chi connectivity index (χ3v) is 7.76. The standard InChI is InChI=1S/C30H18ClNO2S/c31-22-17-20(18-27-30(22)35-28-16-7-6-14-25(28)34-27)32(19-9-2-1-3-10-19)23-12-8-15-26-29(23)21-11-4-5-13-24(21)33-26/h1-18H. The molecule has 1 aliphatic rings. The minimum Gasteiger partial charge on any atom is -0.456 e. The van der Waals surface area contributed by atoms with E-state index in [1.165, 1.54) is 0 Å². The summed E-state index contributed by atoms with van der Waals surface area (Å²) in [7, 11) is 0. The Bertz CT molecular complexity index is 1730. The van der Waals surface area contributed by atoms with Crippen LogP contribution in [-0.4, -0.2) is 0 Å². The van der Waals surface area contributed by atoms with Crippen molar-refractivity contribution in [2.75, 3.05) is 4.90 Å². The van der Waals surface area contributed by atoms with E-state index in [9.17, 15) is 0 Å². The maximum atomic E-state index is 6.88. The van der Waals surface area contributed by atoms with E-state index in [1.54, 1.807) is 11.8 Å². The second-order valence-electron chi connectivity index (χ2n) is 8.33. The molecular weight excluding hydrogens is 474 g/mol. The van der Waals surface area contributed by atoms with Crippen molar-refractivity contribution in [3.8, 4) is 11.5 Å². The fourth-order valence-electron chi connectivity index (χ4n) is 4.65. The molecule has 6 aromatic rings. The fraction of sp³-hybridized carbons (Fsp3) is 0. The van der Waals surface area contributed by atoms with Crippen molar-refractivity contribution in [3.05, 3.63) is 114 Å². The van der Waals surface area contributed by atoms with Crippen LogP contribution in [-0.2, 0) is 0 Å². The molecule has 0 aliphatic carbocycles. The highest BCUT2D eigenvalue weighted by molar-refractivity contribution is 7.99. The van der Waals surface area contributed by atoms with Crippen LogP contribution in [0, 0.1) is 0 Å². The molecule has 0 N–H and O–H groups in total. The van der Waals surface area contributed by atoms with Gasteiger partial charge in [-0.1, -0.05) is 78.0 Å². The number of ether oxygens (including phenoxy) is 1. The van der Waals surface area contributed by atoms with Gasteiger partial charge in [0.25, 0.3) is 0 Å². The largest absolute Gasteiger partial charge is 0.456 e. The van der Waals surface area contributed by atoms with Crippen LogP contribution in [0.4, 0.5) is 17.1 Å². The summed E-state index contributed by atoms with van der Waals surface area (Å²) < 4.78 is 12.5. The van der Waals surface area contributed by atoms with Gasteiger partial charge in [-0.05, 0) is 48.5 Å². The molecule has 1 aliphatic heterocycles. The summed E-state index contributed by atoms with van der Waals surface area (Å²) in [6.07, 6.45) is 0. The number of para-hydroxylation sites is 3. The van der Waals surface area contributed by atoms with Crippen LogP contribution in [0.2, 0.25) is 5.02 Å². The molecule has 5 aromatic carbocycles. The highest BCUT2D eigenvalue weighted by Gasteiger charge is 2.25. The SMILES string of the molecule is Clc1cc(N(c2ccccc2)c2cccc3oc4ccccc4c23)cc2c1Sc1ccccc1O2. The third-order valence-electron chi connectivity index (χ3n) is 6.17. The number of anilines is 3. The molecule has 35 heavy (non-hydrogen) atoms. The molecule has 0 saturated carbocycles. The topological polar surface area (TPSA) is 25.6 Å². The Morgan fingerprint density at radius 1 is 0.657 bits per heavy atom. The Hall–Kier alpha value is -3.86. The highest BCUT2D eigenvalue weighted by Crippen LogP contribution is 2.53. The summed E-state index contributed by atoms with van der Waals surface area (Å²) in [5, 5.41) is 2.78. The number of rotatable bonds is 3. The number of halogens is 1. The first-order valence-electron chi connectivity index (χ1n) is 11.3. The number of hydrogen-bond acceptors (Lipinski definition) is 4. The molecule has 0 spiro atoms. The van der Waals surface area contributed by atoms with E-state index in [-0.39, 0.29) is 0 Å². The molecule has 0 bridgehead atoms. The van der Waals surface area contributed by atoms with E-state index in [0.717, 1.165) is 60.3 Å². The summed E-state index contributed by atoms with van der Waals surface area (Å²) in [6, 6.07) is 36.7. The number of hydrogen-bond donors (Lipinski definition) is 0. The molecule has 7 rings (SSSR count).